The highest BCUT2D eigenvalue weighted by molar-refractivity contribution is 9.10. The van der Waals surface area contributed by atoms with E-state index in [0.717, 1.165) is 0 Å². The van der Waals surface area contributed by atoms with Gasteiger partial charge in [-0.1, -0.05) is 12.1 Å². The first kappa shape index (κ1) is 12.4. The van der Waals surface area contributed by atoms with Crippen molar-refractivity contribution in [3.63, 3.8) is 0 Å². The molecule has 0 bridgehead atoms. The maximum Gasteiger partial charge on any atom is 0.283 e. The molecule has 18 heavy (non-hydrogen) atoms. The number of nitrogens with zero attached hydrogens (tertiary/aromatic N) is 3. The van der Waals surface area contributed by atoms with Crippen molar-refractivity contribution < 1.29 is 4.92 Å². The molecule has 0 aliphatic rings. The van der Waals surface area contributed by atoms with Crippen molar-refractivity contribution in [3.05, 3.63) is 67.0 Å². The van der Waals surface area contributed by atoms with E-state index >= 15 is 0 Å². The van der Waals surface area contributed by atoms with Crippen LogP contribution in [0.1, 0.15) is 5.56 Å². The molecule has 0 saturated heterocycles. The molecule has 0 unspecified atom stereocenters. The standard InChI is InChI=1S/C11H8BrN3O3/c12-11-8(3-1-4-9(11)15(17)18)7-14-10(16)5-2-6-13-14/h1-6H,7H2. The van der Waals surface area contributed by atoms with Gasteiger partial charge in [0.25, 0.3) is 11.2 Å². The number of nitro groups is 1. The van der Waals surface area contributed by atoms with E-state index in [9.17, 15) is 14.9 Å². The number of rotatable bonds is 3. The van der Waals surface area contributed by atoms with Gasteiger partial charge in [-0.3, -0.25) is 14.9 Å². The minimum atomic E-state index is -0.477. The van der Waals surface area contributed by atoms with Crippen LogP contribution in [0.5, 0.6) is 0 Å². The summed E-state index contributed by atoms with van der Waals surface area (Å²) in [5, 5.41) is 14.7. The highest BCUT2D eigenvalue weighted by Gasteiger charge is 2.15. The fourth-order valence-electron chi connectivity index (χ4n) is 1.50. The van der Waals surface area contributed by atoms with Crippen LogP contribution in [-0.4, -0.2) is 14.7 Å². The van der Waals surface area contributed by atoms with Crippen molar-refractivity contribution in [2.75, 3.05) is 0 Å². The van der Waals surface area contributed by atoms with Crippen LogP contribution in [0, 0.1) is 10.1 Å². The Hall–Kier alpha value is -2.02. The molecule has 1 aromatic carbocycles. The maximum absolute atomic E-state index is 11.5. The lowest BCUT2D eigenvalue weighted by Gasteiger charge is -2.06. The third-order valence-corrected chi connectivity index (χ3v) is 3.28. The third-order valence-electron chi connectivity index (χ3n) is 2.36. The summed E-state index contributed by atoms with van der Waals surface area (Å²) >= 11 is 3.18. The van der Waals surface area contributed by atoms with Crippen LogP contribution in [0.15, 0.2) is 45.8 Å². The van der Waals surface area contributed by atoms with Crippen LogP contribution < -0.4 is 5.56 Å². The Morgan fingerprint density at radius 1 is 1.33 bits per heavy atom. The quantitative estimate of drug-likeness (QED) is 0.641. The Balaban J connectivity index is 2.42. The van der Waals surface area contributed by atoms with E-state index in [4.69, 9.17) is 0 Å². The van der Waals surface area contributed by atoms with E-state index in [0.29, 0.717) is 10.0 Å². The molecule has 0 aliphatic carbocycles. The molecule has 0 amide bonds. The Labute approximate surface area is 110 Å². The molecule has 2 rings (SSSR count). The summed E-state index contributed by atoms with van der Waals surface area (Å²) in [6, 6.07) is 7.61. The summed E-state index contributed by atoms with van der Waals surface area (Å²) in [7, 11) is 0. The predicted molar refractivity (Wildman–Crippen MR) is 68.4 cm³/mol. The smallest absolute Gasteiger partial charge is 0.268 e. The summed E-state index contributed by atoms with van der Waals surface area (Å²) in [6.45, 7) is 0.182. The molecule has 6 nitrogen and oxygen atoms in total. The zero-order valence-corrected chi connectivity index (χ0v) is 10.7. The van der Waals surface area contributed by atoms with Crippen LogP contribution >= 0.6 is 15.9 Å². The number of nitro benzene ring substituents is 1. The number of hydrogen-bond acceptors (Lipinski definition) is 4. The lowest BCUT2D eigenvalue weighted by Crippen LogP contribution is -2.21. The normalized spacial score (nSPS) is 10.3. The summed E-state index contributed by atoms with van der Waals surface area (Å²) in [6.07, 6.45) is 1.49. The lowest BCUT2D eigenvalue weighted by molar-refractivity contribution is -0.385. The van der Waals surface area contributed by atoms with Gasteiger partial charge in [0.1, 0.15) is 4.47 Å². The van der Waals surface area contributed by atoms with Gasteiger partial charge in [-0.25, -0.2) is 4.68 Å². The fourth-order valence-corrected chi connectivity index (χ4v) is 2.03. The summed E-state index contributed by atoms with van der Waals surface area (Å²) in [4.78, 5) is 21.8. The van der Waals surface area contributed by atoms with Crippen molar-refractivity contribution in [3.8, 4) is 0 Å². The molecule has 0 aliphatic heterocycles. The molecule has 0 saturated carbocycles. The summed E-state index contributed by atoms with van der Waals surface area (Å²) < 4.78 is 1.61. The van der Waals surface area contributed by atoms with Gasteiger partial charge in [0, 0.05) is 18.3 Å². The lowest BCUT2D eigenvalue weighted by atomic mass is 10.2. The Morgan fingerprint density at radius 2 is 2.11 bits per heavy atom. The zero-order chi connectivity index (χ0) is 13.1. The minimum absolute atomic E-state index is 0.0310. The third kappa shape index (κ3) is 2.45. The van der Waals surface area contributed by atoms with E-state index in [2.05, 4.69) is 21.0 Å². The van der Waals surface area contributed by atoms with Gasteiger partial charge >= 0.3 is 0 Å². The van der Waals surface area contributed by atoms with Crippen LogP contribution in [0.2, 0.25) is 0 Å². The van der Waals surface area contributed by atoms with Crippen LogP contribution in [0.4, 0.5) is 5.69 Å². The van der Waals surface area contributed by atoms with E-state index in [-0.39, 0.29) is 17.8 Å². The SMILES string of the molecule is O=c1cccnn1Cc1cccc([N+](=O)[O-])c1Br. The van der Waals surface area contributed by atoms with Crippen molar-refractivity contribution >= 4 is 21.6 Å². The molecule has 0 spiro atoms. The van der Waals surface area contributed by atoms with Crippen LogP contribution in [-0.2, 0) is 6.54 Å². The topological polar surface area (TPSA) is 78.0 Å². The van der Waals surface area contributed by atoms with Crippen molar-refractivity contribution in [1.82, 2.24) is 9.78 Å². The van der Waals surface area contributed by atoms with Gasteiger partial charge in [-0.05, 0) is 27.6 Å². The van der Waals surface area contributed by atoms with E-state index < -0.39 is 4.92 Å². The molecule has 0 N–H and O–H groups in total. The molecule has 0 atom stereocenters. The second-order valence-corrected chi connectivity index (χ2v) is 4.32. The summed E-state index contributed by atoms with van der Waals surface area (Å²) in [5.41, 5.74) is 0.345. The van der Waals surface area contributed by atoms with Gasteiger partial charge in [0.15, 0.2) is 0 Å². The van der Waals surface area contributed by atoms with Gasteiger partial charge in [-0.15, -0.1) is 0 Å². The van der Waals surface area contributed by atoms with E-state index in [1.165, 1.54) is 23.0 Å². The van der Waals surface area contributed by atoms with Crippen molar-refractivity contribution in [1.29, 1.82) is 0 Å². The summed E-state index contributed by atoms with van der Waals surface area (Å²) in [5.74, 6) is 0. The monoisotopic (exact) mass is 309 g/mol. The Bertz CT molecular complexity index is 654. The molecule has 7 heteroatoms. The molecule has 2 aromatic rings. The van der Waals surface area contributed by atoms with Crippen molar-refractivity contribution in [2.24, 2.45) is 0 Å². The first-order valence-electron chi connectivity index (χ1n) is 5.03. The molecule has 92 valence electrons. The predicted octanol–water partition coefficient (Wildman–Crippen LogP) is 1.96. The van der Waals surface area contributed by atoms with Gasteiger partial charge in [0.05, 0.1) is 11.5 Å². The average Bonchev–Trinajstić information content (AvgIpc) is 2.34. The highest BCUT2D eigenvalue weighted by Crippen LogP contribution is 2.28. The van der Waals surface area contributed by atoms with Gasteiger partial charge in [0.2, 0.25) is 0 Å². The molecular weight excluding hydrogens is 302 g/mol. The minimum Gasteiger partial charge on any atom is -0.268 e. The first-order chi connectivity index (χ1) is 8.59. The van der Waals surface area contributed by atoms with Crippen LogP contribution in [0.25, 0.3) is 0 Å². The number of benzene rings is 1. The highest BCUT2D eigenvalue weighted by atomic mass is 79.9. The maximum atomic E-state index is 11.5. The number of hydrogen-bond donors (Lipinski definition) is 0. The molecule has 1 aromatic heterocycles. The fraction of sp³-hybridized carbons (Fsp3) is 0.0909. The molecule has 0 radical (unpaired) electrons. The second-order valence-electron chi connectivity index (χ2n) is 3.53. The number of halogens is 1. The zero-order valence-electron chi connectivity index (χ0n) is 9.12. The molecule has 0 fully saturated rings. The number of aromatic nitrogens is 2. The molecular formula is C11H8BrN3O3. The van der Waals surface area contributed by atoms with Crippen LogP contribution in [0.3, 0.4) is 0 Å². The van der Waals surface area contributed by atoms with Gasteiger partial charge in [-0.2, -0.15) is 5.10 Å². The largest absolute Gasteiger partial charge is 0.283 e. The average molecular weight is 310 g/mol. The Kier molecular flexibility index (Phi) is 3.52. The van der Waals surface area contributed by atoms with E-state index in [1.807, 2.05) is 0 Å². The first-order valence-corrected chi connectivity index (χ1v) is 5.83. The van der Waals surface area contributed by atoms with Crippen molar-refractivity contribution in [2.45, 2.75) is 6.54 Å². The van der Waals surface area contributed by atoms with E-state index in [1.54, 1.807) is 18.2 Å². The van der Waals surface area contributed by atoms with Gasteiger partial charge < -0.3 is 0 Å². The second kappa shape index (κ2) is 5.09. The Morgan fingerprint density at radius 3 is 2.78 bits per heavy atom. The molecule has 1 heterocycles.